The van der Waals surface area contributed by atoms with Crippen molar-refractivity contribution in [2.24, 2.45) is 13.0 Å². The first-order chi connectivity index (χ1) is 11.1. The largest absolute Gasteiger partial charge is 0.352 e. The van der Waals surface area contributed by atoms with E-state index in [4.69, 9.17) is 0 Å². The summed E-state index contributed by atoms with van der Waals surface area (Å²) in [6, 6.07) is 2.98. The standard InChI is InChI=1S/C18H24BFN2O/c1-22-11-14(17-15(19)8-13(20)9-16(17)22)18(23)21-10-12-6-4-2-3-5-7-12/h8-9,11-12H,2-7,10,19H2,1H3,(H,21,23). The van der Waals surface area contributed by atoms with Gasteiger partial charge in [0.15, 0.2) is 0 Å². The molecule has 23 heavy (non-hydrogen) atoms. The van der Waals surface area contributed by atoms with Crippen molar-refractivity contribution < 1.29 is 9.18 Å². The summed E-state index contributed by atoms with van der Waals surface area (Å²) in [6.45, 7) is 0.745. The first kappa shape index (κ1) is 16.1. The summed E-state index contributed by atoms with van der Waals surface area (Å²) in [6.07, 6.45) is 9.40. The molecule has 0 aliphatic heterocycles. The Morgan fingerprint density at radius 1 is 1.30 bits per heavy atom. The smallest absolute Gasteiger partial charge is 0.253 e. The average Bonchev–Trinajstić information content (AvgIpc) is 2.71. The number of fused-ring (bicyclic) bond motifs is 1. The van der Waals surface area contributed by atoms with Gasteiger partial charge in [-0.3, -0.25) is 4.79 Å². The number of amides is 1. The van der Waals surface area contributed by atoms with Gasteiger partial charge < -0.3 is 9.88 Å². The molecule has 0 bridgehead atoms. The van der Waals surface area contributed by atoms with Gasteiger partial charge in [-0.25, -0.2) is 4.39 Å². The summed E-state index contributed by atoms with van der Waals surface area (Å²) in [7, 11) is 3.71. The van der Waals surface area contributed by atoms with Gasteiger partial charge >= 0.3 is 0 Å². The third kappa shape index (κ3) is 3.43. The number of aromatic nitrogens is 1. The Kier molecular flexibility index (Phi) is 4.74. The van der Waals surface area contributed by atoms with E-state index in [1.807, 2.05) is 19.5 Å². The monoisotopic (exact) mass is 314 g/mol. The van der Waals surface area contributed by atoms with Gasteiger partial charge in [0.25, 0.3) is 5.91 Å². The second-order valence-corrected chi connectivity index (χ2v) is 6.84. The quantitative estimate of drug-likeness (QED) is 0.684. The molecule has 122 valence electrons. The summed E-state index contributed by atoms with van der Waals surface area (Å²) in [5.74, 6) is 0.283. The minimum Gasteiger partial charge on any atom is -0.352 e. The molecule has 0 atom stereocenters. The summed E-state index contributed by atoms with van der Waals surface area (Å²) in [5.41, 5.74) is 2.22. The van der Waals surface area contributed by atoms with Gasteiger partial charge in [-0.2, -0.15) is 0 Å². The van der Waals surface area contributed by atoms with E-state index in [0.717, 1.165) is 22.9 Å². The Morgan fingerprint density at radius 3 is 2.70 bits per heavy atom. The minimum absolute atomic E-state index is 0.0467. The summed E-state index contributed by atoms with van der Waals surface area (Å²) >= 11 is 0. The minimum atomic E-state index is -0.262. The van der Waals surface area contributed by atoms with Crippen molar-refractivity contribution in [1.82, 2.24) is 9.88 Å². The third-order valence-corrected chi connectivity index (χ3v) is 5.02. The van der Waals surface area contributed by atoms with Crippen LogP contribution in [0, 0.1) is 11.7 Å². The molecule has 1 saturated carbocycles. The number of hydrogen-bond donors (Lipinski definition) is 1. The maximum atomic E-state index is 13.6. The van der Waals surface area contributed by atoms with E-state index in [-0.39, 0.29) is 11.7 Å². The number of carbonyl (C=O) groups is 1. The van der Waals surface area contributed by atoms with Gasteiger partial charge in [-0.05, 0) is 30.9 Å². The highest BCUT2D eigenvalue weighted by atomic mass is 19.1. The van der Waals surface area contributed by atoms with E-state index in [1.165, 1.54) is 50.7 Å². The molecule has 3 nitrogen and oxygen atoms in total. The fraction of sp³-hybridized carbons (Fsp3) is 0.500. The molecule has 0 unspecified atom stereocenters. The zero-order chi connectivity index (χ0) is 16.4. The van der Waals surface area contributed by atoms with E-state index in [9.17, 15) is 9.18 Å². The molecule has 1 aromatic heterocycles. The third-order valence-electron chi connectivity index (χ3n) is 5.02. The molecule has 1 fully saturated rings. The van der Waals surface area contributed by atoms with Crippen molar-refractivity contribution in [3.63, 3.8) is 0 Å². The van der Waals surface area contributed by atoms with Crippen molar-refractivity contribution in [1.29, 1.82) is 0 Å². The predicted octanol–water partition coefficient (Wildman–Crippen LogP) is 2.28. The van der Waals surface area contributed by atoms with Crippen LogP contribution in [-0.2, 0) is 7.05 Å². The number of carbonyl (C=O) groups excluding carboxylic acids is 1. The molecular weight excluding hydrogens is 290 g/mol. The normalized spacial score (nSPS) is 16.4. The Labute approximate surface area is 137 Å². The Balaban J connectivity index is 1.78. The number of rotatable bonds is 3. The fourth-order valence-corrected chi connectivity index (χ4v) is 3.75. The summed E-state index contributed by atoms with van der Waals surface area (Å²) in [5, 5.41) is 3.95. The molecule has 0 spiro atoms. The van der Waals surface area contributed by atoms with E-state index in [2.05, 4.69) is 5.32 Å². The number of benzene rings is 1. The molecule has 1 N–H and O–H groups in total. The maximum absolute atomic E-state index is 13.6. The molecule has 1 heterocycles. The molecule has 1 aliphatic rings. The lowest BCUT2D eigenvalue weighted by Crippen LogP contribution is -2.29. The molecular formula is C18H24BFN2O. The van der Waals surface area contributed by atoms with Crippen molar-refractivity contribution in [3.8, 4) is 0 Å². The van der Waals surface area contributed by atoms with Crippen LogP contribution in [0.3, 0.4) is 0 Å². The van der Waals surface area contributed by atoms with Crippen molar-refractivity contribution in [2.75, 3.05) is 6.54 Å². The number of halogens is 1. The van der Waals surface area contributed by atoms with E-state index in [0.29, 0.717) is 11.5 Å². The second-order valence-electron chi connectivity index (χ2n) is 6.84. The number of nitrogens with zero attached hydrogens (tertiary/aromatic N) is 1. The van der Waals surface area contributed by atoms with E-state index < -0.39 is 0 Å². The number of nitrogens with one attached hydrogen (secondary N) is 1. The zero-order valence-electron chi connectivity index (χ0n) is 14.0. The van der Waals surface area contributed by atoms with Crippen LogP contribution < -0.4 is 10.8 Å². The highest BCUT2D eigenvalue weighted by Crippen LogP contribution is 2.23. The van der Waals surface area contributed by atoms with Gasteiger partial charge in [-0.1, -0.05) is 31.1 Å². The van der Waals surface area contributed by atoms with Gasteiger partial charge in [-0.15, -0.1) is 0 Å². The summed E-state index contributed by atoms with van der Waals surface area (Å²) in [4.78, 5) is 12.6. The van der Waals surface area contributed by atoms with Crippen molar-refractivity contribution in [2.45, 2.75) is 38.5 Å². The van der Waals surface area contributed by atoms with Crippen molar-refractivity contribution in [3.05, 3.63) is 29.7 Å². The van der Waals surface area contributed by atoms with Crippen LogP contribution in [-0.4, -0.2) is 24.9 Å². The number of aryl methyl sites for hydroxylation is 1. The molecule has 3 rings (SSSR count). The van der Waals surface area contributed by atoms with Crippen LogP contribution in [0.5, 0.6) is 0 Å². The molecule has 2 aromatic rings. The molecule has 0 radical (unpaired) electrons. The molecule has 1 amide bonds. The lowest BCUT2D eigenvalue weighted by Gasteiger charge is -2.14. The van der Waals surface area contributed by atoms with Gasteiger partial charge in [0, 0.05) is 25.2 Å². The van der Waals surface area contributed by atoms with Crippen LogP contribution in [0.2, 0.25) is 0 Å². The summed E-state index contributed by atoms with van der Waals surface area (Å²) < 4.78 is 15.4. The van der Waals surface area contributed by atoms with Crippen LogP contribution in [0.4, 0.5) is 4.39 Å². The molecule has 5 heteroatoms. The lowest BCUT2D eigenvalue weighted by molar-refractivity contribution is 0.0947. The molecule has 0 saturated heterocycles. The first-order valence-corrected chi connectivity index (χ1v) is 8.59. The maximum Gasteiger partial charge on any atom is 0.253 e. The van der Waals surface area contributed by atoms with E-state index in [1.54, 1.807) is 6.20 Å². The van der Waals surface area contributed by atoms with Gasteiger partial charge in [0.2, 0.25) is 0 Å². The molecule has 1 aromatic carbocycles. The lowest BCUT2D eigenvalue weighted by atomic mass is 9.90. The highest BCUT2D eigenvalue weighted by molar-refractivity contribution is 6.40. The van der Waals surface area contributed by atoms with E-state index >= 15 is 0 Å². The Hall–Kier alpha value is -1.78. The van der Waals surface area contributed by atoms with Gasteiger partial charge in [0.1, 0.15) is 13.7 Å². The van der Waals surface area contributed by atoms with Crippen LogP contribution >= 0.6 is 0 Å². The van der Waals surface area contributed by atoms with Crippen LogP contribution in [0.25, 0.3) is 10.9 Å². The highest BCUT2D eigenvalue weighted by Gasteiger charge is 2.18. The average molecular weight is 314 g/mol. The van der Waals surface area contributed by atoms with Gasteiger partial charge in [0.05, 0.1) is 11.1 Å². The predicted molar refractivity (Wildman–Crippen MR) is 94.6 cm³/mol. The number of hydrogen-bond acceptors (Lipinski definition) is 1. The SMILES string of the molecule is Bc1cc(F)cc2c1c(C(=O)NCC1CCCCCC1)cn2C. The fourth-order valence-electron chi connectivity index (χ4n) is 3.75. The van der Waals surface area contributed by atoms with Crippen LogP contribution in [0.1, 0.15) is 48.9 Å². The Bertz CT molecular complexity index is 717. The Morgan fingerprint density at radius 2 is 2.00 bits per heavy atom. The molecule has 1 aliphatic carbocycles. The van der Waals surface area contributed by atoms with Crippen molar-refractivity contribution >= 4 is 30.1 Å². The zero-order valence-corrected chi connectivity index (χ0v) is 14.0. The van der Waals surface area contributed by atoms with Crippen LogP contribution in [0.15, 0.2) is 18.3 Å². The second kappa shape index (κ2) is 6.77. The first-order valence-electron chi connectivity index (χ1n) is 8.59. The topological polar surface area (TPSA) is 34.0 Å².